The van der Waals surface area contributed by atoms with E-state index in [1.165, 1.54) is 36.1 Å². The molecular weight excluding hydrogens is 280 g/mol. The van der Waals surface area contributed by atoms with Crippen LogP contribution in [0.15, 0.2) is 5.38 Å². The van der Waals surface area contributed by atoms with Crippen LogP contribution in [-0.2, 0) is 12.8 Å². The van der Waals surface area contributed by atoms with Gasteiger partial charge in [-0.3, -0.25) is 4.79 Å². The number of likely N-dealkylation sites (tertiary alicyclic amines) is 1. The minimum absolute atomic E-state index is 0.286. The van der Waals surface area contributed by atoms with Crippen molar-refractivity contribution in [3.05, 3.63) is 21.4 Å². The third kappa shape index (κ3) is 3.16. The van der Waals surface area contributed by atoms with Gasteiger partial charge < -0.3 is 9.80 Å². The molecule has 1 unspecified atom stereocenters. The van der Waals surface area contributed by atoms with Crippen LogP contribution in [0.25, 0.3) is 0 Å². The quantitative estimate of drug-likeness (QED) is 0.838. The molecule has 21 heavy (non-hydrogen) atoms. The first-order valence-corrected chi connectivity index (χ1v) is 9.09. The summed E-state index contributed by atoms with van der Waals surface area (Å²) in [5.41, 5.74) is 2.38. The average Bonchev–Trinajstić information content (AvgIpc) is 2.75. The lowest BCUT2D eigenvalue weighted by atomic mass is 9.95. The van der Waals surface area contributed by atoms with Crippen LogP contribution >= 0.6 is 11.3 Å². The fraction of sp³-hybridized carbons (Fsp3) is 0.706. The Morgan fingerprint density at radius 1 is 1.19 bits per heavy atom. The summed E-state index contributed by atoms with van der Waals surface area (Å²) < 4.78 is 0. The first-order chi connectivity index (χ1) is 10.2. The van der Waals surface area contributed by atoms with E-state index >= 15 is 0 Å². The van der Waals surface area contributed by atoms with Gasteiger partial charge in [-0.1, -0.05) is 0 Å². The molecule has 0 radical (unpaired) electrons. The summed E-state index contributed by atoms with van der Waals surface area (Å²) in [7, 11) is 4.30. The van der Waals surface area contributed by atoms with Crippen molar-refractivity contribution >= 4 is 17.2 Å². The Morgan fingerprint density at radius 2 is 2.00 bits per heavy atom. The van der Waals surface area contributed by atoms with E-state index < -0.39 is 0 Å². The van der Waals surface area contributed by atoms with Gasteiger partial charge in [0.25, 0.3) is 5.91 Å². The van der Waals surface area contributed by atoms with Crippen molar-refractivity contribution in [2.24, 2.45) is 0 Å². The first kappa shape index (κ1) is 15.0. The standard InChI is InChI=1S/C17H26N2OS/c1-18(2)13-6-5-10-19(11-9-13)17(20)15-12-21-16-8-4-3-7-14(15)16/h12-13H,3-11H2,1-2H3. The van der Waals surface area contributed by atoms with Crippen LogP contribution in [0.1, 0.15) is 52.9 Å². The molecule has 0 N–H and O–H groups in total. The fourth-order valence-corrected chi connectivity index (χ4v) is 4.76. The number of fused-ring (bicyclic) bond motifs is 1. The van der Waals surface area contributed by atoms with Gasteiger partial charge in [0.2, 0.25) is 0 Å². The van der Waals surface area contributed by atoms with E-state index in [0.717, 1.165) is 37.9 Å². The summed E-state index contributed by atoms with van der Waals surface area (Å²) in [6.07, 6.45) is 8.25. The highest BCUT2D eigenvalue weighted by molar-refractivity contribution is 7.10. The topological polar surface area (TPSA) is 23.6 Å². The molecule has 2 aliphatic rings. The lowest BCUT2D eigenvalue weighted by molar-refractivity contribution is 0.0758. The first-order valence-electron chi connectivity index (χ1n) is 8.21. The van der Waals surface area contributed by atoms with Gasteiger partial charge in [0.15, 0.2) is 0 Å². The average molecular weight is 306 g/mol. The van der Waals surface area contributed by atoms with Gasteiger partial charge in [0.1, 0.15) is 0 Å². The molecule has 0 saturated carbocycles. The van der Waals surface area contributed by atoms with Crippen molar-refractivity contribution in [3.8, 4) is 0 Å². The molecule has 3 rings (SSSR count). The largest absolute Gasteiger partial charge is 0.339 e. The van der Waals surface area contributed by atoms with Crippen molar-refractivity contribution < 1.29 is 4.79 Å². The molecule has 1 aromatic heterocycles. The number of thiophene rings is 1. The van der Waals surface area contributed by atoms with E-state index in [2.05, 4.69) is 29.3 Å². The van der Waals surface area contributed by atoms with Crippen molar-refractivity contribution in [1.82, 2.24) is 9.80 Å². The summed E-state index contributed by atoms with van der Waals surface area (Å²) in [6.45, 7) is 1.83. The van der Waals surface area contributed by atoms with Crippen LogP contribution in [-0.4, -0.2) is 48.9 Å². The molecule has 1 amide bonds. The van der Waals surface area contributed by atoms with Crippen LogP contribution in [0, 0.1) is 0 Å². The lowest BCUT2D eigenvalue weighted by Crippen LogP contribution is -2.34. The van der Waals surface area contributed by atoms with Crippen molar-refractivity contribution in [2.75, 3.05) is 27.2 Å². The third-order valence-corrected chi connectivity index (χ3v) is 6.10. The normalized spacial score (nSPS) is 23.0. The zero-order valence-electron chi connectivity index (χ0n) is 13.2. The molecule has 0 aromatic carbocycles. The zero-order valence-corrected chi connectivity index (χ0v) is 14.0. The molecule has 1 saturated heterocycles. The summed E-state index contributed by atoms with van der Waals surface area (Å²) in [4.78, 5) is 18.7. The predicted molar refractivity (Wildman–Crippen MR) is 88.2 cm³/mol. The van der Waals surface area contributed by atoms with E-state index in [-0.39, 0.29) is 5.91 Å². The van der Waals surface area contributed by atoms with Gasteiger partial charge in [-0.25, -0.2) is 0 Å². The molecule has 116 valence electrons. The number of carbonyl (C=O) groups excluding carboxylic acids is 1. The Balaban J connectivity index is 1.72. The molecule has 2 heterocycles. The number of aryl methyl sites for hydroxylation is 1. The third-order valence-electron chi connectivity index (χ3n) is 5.01. The number of rotatable bonds is 2. The van der Waals surface area contributed by atoms with Gasteiger partial charge in [0.05, 0.1) is 5.56 Å². The van der Waals surface area contributed by atoms with E-state index in [1.807, 2.05) is 0 Å². The molecule has 1 atom stereocenters. The monoisotopic (exact) mass is 306 g/mol. The number of hydrogen-bond acceptors (Lipinski definition) is 3. The predicted octanol–water partition coefficient (Wildman–Crippen LogP) is 3.18. The molecule has 3 nitrogen and oxygen atoms in total. The Bertz CT molecular complexity index is 509. The second kappa shape index (κ2) is 6.49. The summed E-state index contributed by atoms with van der Waals surface area (Å²) in [5.74, 6) is 0.286. The highest BCUT2D eigenvalue weighted by Crippen LogP contribution is 2.31. The van der Waals surface area contributed by atoms with Gasteiger partial charge in [-0.05, 0) is 64.6 Å². The van der Waals surface area contributed by atoms with Crippen LogP contribution in [0.3, 0.4) is 0 Å². The van der Waals surface area contributed by atoms with Crippen molar-refractivity contribution in [3.63, 3.8) is 0 Å². The molecule has 1 aliphatic heterocycles. The van der Waals surface area contributed by atoms with Crippen LogP contribution < -0.4 is 0 Å². The molecular formula is C17H26N2OS. The minimum Gasteiger partial charge on any atom is -0.339 e. The fourth-order valence-electron chi connectivity index (χ4n) is 3.64. The molecule has 1 aromatic rings. The van der Waals surface area contributed by atoms with Crippen LogP contribution in [0.2, 0.25) is 0 Å². The van der Waals surface area contributed by atoms with E-state index in [9.17, 15) is 4.79 Å². The summed E-state index contributed by atoms with van der Waals surface area (Å²) in [6, 6.07) is 0.624. The number of nitrogens with zero attached hydrogens (tertiary/aromatic N) is 2. The molecule has 1 aliphatic carbocycles. The van der Waals surface area contributed by atoms with Crippen LogP contribution in [0.5, 0.6) is 0 Å². The van der Waals surface area contributed by atoms with Crippen molar-refractivity contribution in [2.45, 2.75) is 51.0 Å². The van der Waals surface area contributed by atoms with E-state index in [1.54, 1.807) is 11.3 Å². The maximum atomic E-state index is 12.9. The van der Waals surface area contributed by atoms with Gasteiger partial charge in [0, 0.05) is 29.4 Å². The molecule has 4 heteroatoms. The van der Waals surface area contributed by atoms with E-state index in [4.69, 9.17) is 0 Å². The van der Waals surface area contributed by atoms with Crippen molar-refractivity contribution in [1.29, 1.82) is 0 Å². The summed E-state index contributed by atoms with van der Waals surface area (Å²) in [5, 5.41) is 2.12. The van der Waals surface area contributed by atoms with E-state index in [0.29, 0.717) is 6.04 Å². The van der Waals surface area contributed by atoms with Gasteiger partial charge in [-0.2, -0.15) is 0 Å². The Kier molecular flexibility index (Phi) is 4.65. The highest BCUT2D eigenvalue weighted by atomic mass is 32.1. The second-order valence-electron chi connectivity index (χ2n) is 6.60. The number of carbonyl (C=O) groups is 1. The number of hydrogen-bond donors (Lipinski definition) is 0. The highest BCUT2D eigenvalue weighted by Gasteiger charge is 2.26. The zero-order chi connectivity index (χ0) is 14.8. The Morgan fingerprint density at radius 3 is 2.81 bits per heavy atom. The minimum atomic E-state index is 0.286. The number of amides is 1. The van der Waals surface area contributed by atoms with Gasteiger partial charge >= 0.3 is 0 Å². The Hall–Kier alpha value is -0.870. The molecule has 0 bridgehead atoms. The smallest absolute Gasteiger partial charge is 0.254 e. The Labute approximate surface area is 131 Å². The summed E-state index contributed by atoms with van der Waals surface area (Å²) >= 11 is 1.80. The van der Waals surface area contributed by atoms with Crippen LogP contribution in [0.4, 0.5) is 0 Å². The van der Waals surface area contributed by atoms with Gasteiger partial charge in [-0.15, -0.1) is 11.3 Å². The maximum absolute atomic E-state index is 12.9. The SMILES string of the molecule is CN(C)C1CCCN(C(=O)c2csc3c2CCCC3)CC1. The maximum Gasteiger partial charge on any atom is 0.254 e. The lowest BCUT2D eigenvalue weighted by Gasteiger charge is -2.24. The molecule has 1 fully saturated rings. The molecule has 0 spiro atoms. The second-order valence-corrected chi connectivity index (χ2v) is 7.56.